The van der Waals surface area contributed by atoms with Crippen LogP contribution >= 0.6 is 0 Å². The molecule has 3 rings (SSSR count). The fourth-order valence-corrected chi connectivity index (χ4v) is 3.27. The summed E-state index contributed by atoms with van der Waals surface area (Å²) in [6.07, 6.45) is 0. The molecule has 1 N–H and O–H groups in total. The molecule has 0 radical (unpaired) electrons. The molecule has 1 aliphatic rings. The van der Waals surface area contributed by atoms with Crippen molar-refractivity contribution >= 4 is 23.4 Å². The number of rotatable bonds is 4. The Bertz CT molecular complexity index is 867. The summed E-state index contributed by atoms with van der Waals surface area (Å²) < 4.78 is 0. The van der Waals surface area contributed by atoms with Crippen molar-refractivity contribution in [1.82, 2.24) is 4.90 Å². The zero-order valence-corrected chi connectivity index (χ0v) is 15.4. The van der Waals surface area contributed by atoms with Gasteiger partial charge in [0.2, 0.25) is 5.91 Å². The highest BCUT2D eigenvalue weighted by atomic mass is 16.2. The van der Waals surface area contributed by atoms with E-state index < -0.39 is 17.9 Å². The van der Waals surface area contributed by atoms with Crippen LogP contribution in [0.25, 0.3) is 0 Å². The van der Waals surface area contributed by atoms with Gasteiger partial charge in [0.25, 0.3) is 11.8 Å². The minimum Gasteiger partial charge on any atom is -0.324 e. The smallest absolute Gasteiger partial charge is 0.262 e. The Labute approximate surface area is 153 Å². The molecule has 1 atom stereocenters. The maximum Gasteiger partial charge on any atom is 0.262 e. The molecule has 3 amide bonds. The van der Waals surface area contributed by atoms with Crippen molar-refractivity contribution in [1.29, 1.82) is 0 Å². The van der Waals surface area contributed by atoms with Crippen LogP contribution in [0.4, 0.5) is 5.69 Å². The van der Waals surface area contributed by atoms with E-state index in [4.69, 9.17) is 0 Å². The second-order valence-corrected chi connectivity index (χ2v) is 6.95. The summed E-state index contributed by atoms with van der Waals surface area (Å²) in [5.74, 6) is -1.41. The molecule has 0 saturated carbocycles. The van der Waals surface area contributed by atoms with Crippen LogP contribution in [-0.4, -0.2) is 28.7 Å². The number of amides is 3. The maximum atomic E-state index is 13.0. The van der Waals surface area contributed by atoms with E-state index in [0.717, 1.165) is 16.0 Å². The van der Waals surface area contributed by atoms with Crippen LogP contribution in [-0.2, 0) is 4.79 Å². The summed E-state index contributed by atoms with van der Waals surface area (Å²) in [7, 11) is 0. The van der Waals surface area contributed by atoms with Crippen molar-refractivity contribution in [3.63, 3.8) is 0 Å². The van der Waals surface area contributed by atoms with Crippen LogP contribution in [0.3, 0.4) is 0 Å². The molecule has 0 bridgehead atoms. The van der Waals surface area contributed by atoms with Crippen molar-refractivity contribution in [2.45, 2.75) is 33.7 Å². The zero-order chi connectivity index (χ0) is 19.0. The Morgan fingerprint density at radius 2 is 1.50 bits per heavy atom. The van der Waals surface area contributed by atoms with Crippen molar-refractivity contribution < 1.29 is 14.4 Å². The summed E-state index contributed by atoms with van der Waals surface area (Å²) in [4.78, 5) is 39.6. The molecule has 1 heterocycles. The fourth-order valence-electron chi connectivity index (χ4n) is 3.27. The number of nitrogens with one attached hydrogen (secondary N) is 1. The van der Waals surface area contributed by atoms with E-state index in [2.05, 4.69) is 5.32 Å². The molecule has 0 fully saturated rings. The molecule has 0 aliphatic carbocycles. The summed E-state index contributed by atoms with van der Waals surface area (Å²) in [5, 5.41) is 2.89. The lowest BCUT2D eigenvalue weighted by molar-refractivity contribution is -0.121. The molecule has 134 valence electrons. The molecular formula is C21H22N2O3. The number of fused-ring (bicyclic) bond motifs is 1. The van der Waals surface area contributed by atoms with Gasteiger partial charge in [-0.3, -0.25) is 19.3 Å². The lowest BCUT2D eigenvalue weighted by Gasteiger charge is -2.28. The molecule has 0 spiro atoms. The lowest BCUT2D eigenvalue weighted by atomic mass is 10.0. The van der Waals surface area contributed by atoms with Crippen LogP contribution < -0.4 is 5.32 Å². The van der Waals surface area contributed by atoms with E-state index in [9.17, 15) is 14.4 Å². The summed E-state index contributed by atoms with van der Waals surface area (Å²) in [6.45, 7) is 7.56. The van der Waals surface area contributed by atoms with E-state index in [1.54, 1.807) is 24.3 Å². The van der Waals surface area contributed by atoms with Gasteiger partial charge < -0.3 is 5.32 Å². The van der Waals surface area contributed by atoms with E-state index in [1.165, 1.54) is 0 Å². The molecule has 1 unspecified atom stereocenters. The molecule has 2 aromatic rings. The number of aryl methyl sites for hydroxylation is 1. The summed E-state index contributed by atoms with van der Waals surface area (Å²) >= 11 is 0. The Hall–Kier alpha value is -2.95. The predicted molar refractivity (Wildman–Crippen MR) is 100 cm³/mol. The Kier molecular flexibility index (Phi) is 4.64. The van der Waals surface area contributed by atoms with Crippen LogP contribution in [0.2, 0.25) is 0 Å². The monoisotopic (exact) mass is 350 g/mol. The van der Waals surface area contributed by atoms with Gasteiger partial charge in [0.15, 0.2) is 0 Å². The van der Waals surface area contributed by atoms with Gasteiger partial charge in [-0.1, -0.05) is 38.1 Å². The summed E-state index contributed by atoms with van der Waals surface area (Å²) in [5.41, 5.74) is 3.41. The molecular weight excluding hydrogens is 328 g/mol. The Morgan fingerprint density at radius 3 is 2.04 bits per heavy atom. The maximum absolute atomic E-state index is 13.0. The SMILES string of the molecule is Cc1cccc(NC(=O)C(C(C)C)N2C(=O)c3ccccc3C2=O)c1C. The first-order valence-corrected chi connectivity index (χ1v) is 8.67. The highest BCUT2D eigenvalue weighted by Gasteiger charge is 2.43. The molecule has 26 heavy (non-hydrogen) atoms. The van der Waals surface area contributed by atoms with Crippen LogP contribution in [0.15, 0.2) is 42.5 Å². The van der Waals surface area contributed by atoms with Gasteiger partial charge >= 0.3 is 0 Å². The van der Waals surface area contributed by atoms with Crippen LogP contribution in [0, 0.1) is 19.8 Å². The first-order chi connectivity index (χ1) is 12.3. The van der Waals surface area contributed by atoms with E-state index in [1.807, 2.05) is 45.9 Å². The minimum absolute atomic E-state index is 0.220. The van der Waals surface area contributed by atoms with Gasteiger partial charge in [-0.25, -0.2) is 0 Å². The van der Waals surface area contributed by atoms with Crippen molar-refractivity contribution in [2.24, 2.45) is 5.92 Å². The van der Waals surface area contributed by atoms with Crippen molar-refractivity contribution in [3.8, 4) is 0 Å². The zero-order valence-electron chi connectivity index (χ0n) is 15.4. The number of hydrogen-bond donors (Lipinski definition) is 1. The fraction of sp³-hybridized carbons (Fsp3) is 0.286. The highest BCUT2D eigenvalue weighted by Crippen LogP contribution is 2.28. The Morgan fingerprint density at radius 1 is 0.923 bits per heavy atom. The van der Waals surface area contributed by atoms with Crippen LogP contribution in [0.1, 0.15) is 45.7 Å². The second-order valence-electron chi connectivity index (χ2n) is 6.95. The number of carbonyl (C=O) groups excluding carboxylic acids is 3. The Balaban J connectivity index is 1.93. The third-order valence-electron chi connectivity index (χ3n) is 4.87. The van der Waals surface area contributed by atoms with E-state index in [0.29, 0.717) is 16.8 Å². The minimum atomic E-state index is -0.873. The topological polar surface area (TPSA) is 66.5 Å². The number of carbonyl (C=O) groups is 3. The molecule has 2 aromatic carbocycles. The van der Waals surface area contributed by atoms with Gasteiger partial charge in [0.05, 0.1) is 11.1 Å². The normalized spacial score (nSPS) is 14.6. The molecule has 0 saturated heterocycles. The standard InChI is InChI=1S/C21H22N2O3/c1-12(2)18(19(24)22-17-11-7-8-13(3)14(17)4)23-20(25)15-9-5-6-10-16(15)21(23)26/h5-12,18H,1-4H3,(H,22,24). The average molecular weight is 350 g/mol. The second kappa shape index (κ2) is 6.75. The highest BCUT2D eigenvalue weighted by molar-refractivity contribution is 6.23. The largest absolute Gasteiger partial charge is 0.324 e. The predicted octanol–water partition coefficient (Wildman–Crippen LogP) is 3.56. The number of imide groups is 1. The number of hydrogen-bond acceptors (Lipinski definition) is 3. The lowest BCUT2D eigenvalue weighted by Crippen LogP contribution is -2.50. The van der Waals surface area contributed by atoms with Gasteiger partial charge in [0.1, 0.15) is 6.04 Å². The van der Waals surface area contributed by atoms with Gasteiger partial charge in [-0.15, -0.1) is 0 Å². The van der Waals surface area contributed by atoms with Crippen molar-refractivity contribution in [2.75, 3.05) is 5.32 Å². The third kappa shape index (κ3) is 2.90. The van der Waals surface area contributed by atoms with Crippen LogP contribution in [0.5, 0.6) is 0 Å². The van der Waals surface area contributed by atoms with Gasteiger partial charge in [-0.2, -0.15) is 0 Å². The van der Waals surface area contributed by atoms with Crippen molar-refractivity contribution in [3.05, 3.63) is 64.7 Å². The first kappa shape index (κ1) is 17.9. The molecule has 0 aromatic heterocycles. The molecule has 1 aliphatic heterocycles. The first-order valence-electron chi connectivity index (χ1n) is 8.67. The molecule has 5 heteroatoms. The number of anilines is 1. The third-order valence-corrected chi connectivity index (χ3v) is 4.87. The van der Waals surface area contributed by atoms with E-state index >= 15 is 0 Å². The van der Waals surface area contributed by atoms with Gasteiger partial charge in [-0.05, 0) is 49.1 Å². The number of benzene rings is 2. The average Bonchev–Trinajstić information content (AvgIpc) is 2.85. The van der Waals surface area contributed by atoms with Gasteiger partial charge in [0, 0.05) is 5.69 Å². The van der Waals surface area contributed by atoms with E-state index in [-0.39, 0.29) is 11.8 Å². The number of nitrogens with zero attached hydrogens (tertiary/aromatic N) is 1. The summed E-state index contributed by atoms with van der Waals surface area (Å²) in [6, 6.07) is 11.5. The molecule has 5 nitrogen and oxygen atoms in total. The quantitative estimate of drug-likeness (QED) is 0.858.